The van der Waals surface area contributed by atoms with Crippen molar-refractivity contribution in [2.45, 2.75) is 20.8 Å². The van der Waals surface area contributed by atoms with E-state index in [1.165, 1.54) is 6.07 Å². The minimum absolute atomic E-state index is 0.0695. The minimum Gasteiger partial charge on any atom is -0.434 e. The fraction of sp³-hybridized carbons (Fsp3) is 0.214. The van der Waals surface area contributed by atoms with E-state index in [9.17, 15) is 4.39 Å². The molecule has 0 spiro atoms. The maximum absolute atomic E-state index is 13.7. The van der Waals surface area contributed by atoms with Crippen LogP contribution in [-0.2, 0) is 0 Å². The van der Waals surface area contributed by atoms with Crippen molar-refractivity contribution in [1.82, 2.24) is 10.2 Å². The lowest BCUT2D eigenvalue weighted by atomic mass is 10.1. The molecule has 0 saturated carbocycles. The molecule has 2 rings (SSSR count). The number of rotatable bonds is 3. The summed E-state index contributed by atoms with van der Waals surface area (Å²) in [7, 11) is 0. The summed E-state index contributed by atoms with van der Waals surface area (Å²) in [5.41, 5.74) is 8.52. The van der Waals surface area contributed by atoms with E-state index in [0.29, 0.717) is 11.3 Å². The molecule has 0 unspecified atom stereocenters. The molecule has 0 aliphatic rings. The summed E-state index contributed by atoms with van der Waals surface area (Å²) < 4.78 is 19.2. The van der Waals surface area contributed by atoms with E-state index in [-0.39, 0.29) is 16.6 Å². The molecule has 20 heavy (non-hydrogen) atoms. The molecule has 6 heteroatoms. The molecule has 0 fully saturated rings. The Hall–Kier alpha value is -2.08. The highest BCUT2D eigenvalue weighted by molar-refractivity contribution is 7.80. The van der Waals surface area contributed by atoms with Gasteiger partial charge < -0.3 is 10.5 Å². The van der Waals surface area contributed by atoms with Crippen molar-refractivity contribution in [3.8, 4) is 11.6 Å². The first-order valence-electron chi connectivity index (χ1n) is 5.98. The van der Waals surface area contributed by atoms with Gasteiger partial charge in [-0.05, 0) is 44.0 Å². The van der Waals surface area contributed by atoms with Crippen LogP contribution in [0.1, 0.15) is 22.4 Å². The van der Waals surface area contributed by atoms with E-state index in [1.807, 2.05) is 13.8 Å². The molecule has 1 aromatic heterocycles. The molecule has 0 radical (unpaired) electrons. The number of halogens is 1. The maximum Gasteiger partial charge on any atom is 0.249 e. The number of nitrogens with zero attached hydrogens (tertiary/aromatic N) is 2. The lowest BCUT2D eigenvalue weighted by Crippen LogP contribution is -2.15. The third kappa shape index (κ3) is 2.75. The molecule has 0 atom stereocenters. The summed E-state index contributed by atoms with van der Waals surface area (Å²) in [6.07, 6.45) is 0. The van der Waals surface area contributed by atoms with Crippen LogP contribution in [0, 0.1) is 26.6 Å². The SMILES string of the molecule is Cc1ccc(F)c(Oc2nnc(C)c(C)c2C(N)=S)c1. The van der Waals surface area contributed by atoms with E-state index in [1.54, 1.807) is 19.1 Å². The van der Waals surface area contributed by atoms with Crippen LogP contribution in [0.15, 0.2) is 18.2 Å². The predicted octanol–water partition coefficient (Wildman–Crippen LogP) is 2.97. The highest BCUT2D eigenvalue weighted by Gasteiger charge is 2.17. The van der Waals surface area contributed by atoms with Gasteiger partial charge in [0.2, 0.25) is 5.88 Å². The van der Waals surface area contributed by atoms with Crippen molar-refractivity contribution in [2.24, 2.45) is 5.73 Å². The minimum atomic E-state index is -0.482. The Balaban J connectivity index is 2.51. The molecule has 1 aromatic carbocycles. The zero-order chi connectivity index (χ0) is 14.9. The van der Waals surface area contributed by atoms with Gasteiger partial charge in [0.05, 0.1) is 11.3 Å². The smallest absolute Gasteiger partial charge is 0.249 e. The molecule has 0 aliphatic heterocycles. The van der Waals surface area contributed by atoms with Crippen molar-refractivity contribution in [1.29, 1.82) is 0 Å². The van der Waals surface area contributed by atoms with Crippen LogP contribution in [0.25, 0.3) is 0 Å². The summed E-state index contributed by atoms with van der Waals surface area (Å²) in [6.45, 7) is 5.45. The van der Waals surface area contributed by atoms with Crippen LogP contribution >= 0.6 is 12.2 Å². The normalized spacial score (nSPS) is 10.4. The van der Waals surface area contributed by atoms with Crippen LogP contribution in [0.3, 0.4) is 0 Å². The van der Waals surface area contributed by atoms with Gasteiger partial charge in [0, 0.05) is 0 Å². The third-order valence-corrected chi connectivity index (χ3v) is 3.17. The van der Waals surface area contributed by atoms with Gasteiger partial charge in [-0.3, -0.25) is 0 Å². The van der Waals surface area contributed by atoms with Crippen molar-refractivity contribution in [3.63, 3.8) is 0 Å². The molecular formula is C14H14FN3OS. The Morgan fingerprint density at radius 2 is 1.95 bits per heavy atom. The van der Waals surface area contributed by atoms with Crippen LogP contribution in [0.2, 0.25) is 0 Å². The number of ether oxygens (including phenoxy) is 1. The van der Waals surface area contributed by atoms with Gasteiger partial charge in [-0.25, -0.2) is 4.39 Å². The zero-order valence-corrected chi connectivity index (χ0v) is 12.2. The Kier molecular flexibility index (Phi) is 3.94. The van der Waals surface area contributed by atoms with E-state index in [0.717, 1.165) is 11.1 Å². The fourth-order valence-corrected chi connectivity index (χ4v) is 1.98. The molecule has 2 aromatic rings. The number of hydrogen-bond donors (Lipinski definition) is 1. The van der Waals surface area contributed by atoms with Crippen LogP contribution in [0.4, 0.5) is 4.39 Å². The third-order valence-electron chi connectivity index (χ3n) is 2.96. The Labute approximate surface area is 121 Å². The number of aromatic nitrogens is 2. The Bertz CT molecular complexity index is 688. The molecule has 4 nitrogen and oxygen atoms in total. The molecule has 1 heterocycles. The number of benzene rings is 1. The van der Waals surface area contributed by atoms with Gasteiger partial charge in [0.25, 0.3) is 0 Å². The van der Waals surface area contributed by atoms with Crippen LogP contribution < -0.4 is 10.5 Å². The predicted molar refractivity (Wildman–Crippen MR) is 78.6 cm³/mol. The van der Waals surface area contributed by atoms with Gasteiger partial charge in [-0.1, -0.05) is 18.3 Å². The highest BCUT2D eigenvalue weighted by Crippen LogP contribution is 2.28. The quantitative estimate of drug-likeness (QED) is 0.881. The van der Waals surface area contributed by atoms with Gasteiger partial charge in [-0.2, -0.15) is 5.10 Å². The van der Waals surface area contributed by atoms with Gasteiger partial charge in [0.15, 0.2) is 11.6 Å². The van der Waals surface area contributed by atoms with Crippen molar-refractivity contribution in [2.75, 3.05) is 0 Å². The maximum atomic E-state index is 13.7. The molecule has 2 N–H and O–H groups in total. The second-order valence-corrected chi connectivity index (χ2v) is 4.93. The zero-order valence-electron chi connectivity index (χ0n) is 11.4. The van der Waals surface area contributed by atoms with E-state index < -0.39 is 5.82 Å². The summed E-state index contributed by atoms with van der Waals surface area (Å²) in [5.74, 6) is -0.297. The summed E-state index contributed by atoms with van der Waals surface area (Å²) >= 11 is 5.01. The van der Waals surface area contributed by atoms with Crippen LogP contribution in [-0.4, -0.2) is 15.2 Å². The summed E-state index contributed by atoms with van der Waals surface area (Å²) in [6, 6.07) is 4.57. The first kappa shape index (κ1) is 14.3. The molecular weight excluding hydrogens is 277 g/mol. The molecule has 0 saturated heterocycles. The number of aryl methyl sites for hydroxylation is 2. The van der Waals surface area contributed by atoms with E-state index in [2.05, 4.69) is 10.2 Å². The second-order valence-electron chi connectivity index (χ2n) is 4.49. The van der Waals surface area contributed by atoms with Gasteiger partial charge in [0.1, 0.15) is 4.99 Å². The average Bonchev–Trinajstić information content (AvgIpc) is 2.38. The number of nitrogens with two attached hydrogens (primary N) is 1. The van der Waals surface area contributed by atoms with Crippen molar-refractivity contribution >= 4 is 17.2 Å². The Morgan fingerprint density at radius 1 is 1.25 bits per heavy atom. The lowest BCUT2D eigenvalue weighted by Gasteiger charge is -2.12. The van der Waals surface area contributed by atoms with Gasteiger partial charge >= 0.3 is 0 Å². The number of thiocarbonyl (C=S) groups is 1. The molecule has 0 aliphatic carbocycles. The standard InChI is InChI=1S/C14H14FN3OS/c1-7-4-5-10(15)11(6-7)19-14-12(13(16)20)8(2)9(3)17-18-14/h4-6H,1-3H3,(H2,16,20). The fourth-order valence-electron chi connectivity index (χ4n) is 1.74. The topological polar surface area (TPSA) is 61.0 Å². The molecule has 0 bridgehead atoms. The summed E-state index contributed by atoms with van der Waals surface area (Å²) in [5, 5.41) is 7.88. The molecule has 0 amide bonds. The van der Waals surface area contributed by atoms with Gasteiger partial charge in [-0.15, -0.1) is 5.10 Å². The van der Waals surface area contributed by atoms with Crippen molar-refractivity contribution in [3.05, 3.63) is 46.4 Å². The Morgan fingerprint density at radius 3 is 2.60 bits per heavy atom. The monoisotopic (exact) mass is 291 g/mol. The largest absolute Gasteiger partial charge is 0.434 e. The van der Waals surface area contributed by atoms with Crippen LogP contribution in [0.5, 0.6) is 11.6 Å². The lowest BCUT2D eigenvalue weighted by molar-refractivity contribution is 0.419. The highest BCUT2D eigenvalue weighted by atomic mass is 32.1. The average molecular weight is 291 g/mol. The number of hydrogen-bond acceptors (Lipinski definition) is 4. The molecule has 104 valence electrons. The first-order valence-corrected chi connectivity index (χ1v) is 6.38. The second kappa shape index (κ2) is 5.50. The summed E-state index contributed by atoms with van der Waals surface area (Å²) in [4.78, 5) is 0.142. The van der Waals surface area contributed by atoms with E-state index >= 15 is 0 Å². The van der Waals surface area contributed by atoms with E-state index in [4.69, 9.17) is 22.7 Å². The van der Waals surface area contributed by atoms with Crippen molar-refractivity contribution < 1.29 is 9.13 Å². The first-order chi connectivity index (χ1) is 9.40.